The van der Waals surface area contributed by atoms with Crippen LogP contribution in [0, 0.1) is 6.92 Å². The van der Waals surface area contributed by atoms with Crippen molar-refractivity contribution >= 4 is 51.5 Å². The van der Waals surface area contributed by atoms with Gasteiger partial charge in [0.05, 0.1) is 16.1 Å². The summed E-state index contributed by atoms with van der Waals surface area (Å²) in [5.74, 6) is -0.273. The van der Waals surface area contributed by atoms with Gasteiger partial charge in [-0.2, -0.15) is 0 Å². The number of fused-ring (bicyclic) bond motifs is 1. The van der Waals surface area contributed by atoms with Gasteiger partial charge in [-0.25, -0.2) is 4.90 Å². The quantitative estimate of drug-likeness (QED) is 0.416. The number of thioether (sulfide) groups is 1. The van der Waals surface area contributed by atoms with Crippen LogP contribution < -0.4 is 4.90 Å². The van der Waals surface area contributed by atoms with Gasteiger partial charge in [0, 0.05) is 30.2 Å². The molecule has 3 aromatic rings. The van der Waals surface area contributed by atoms with E-state index in [1.807, 2.05) is 60.7 Å². The average molecular weight is 476 g/mol. The van der Waals surface area contributed by atoms with Gasteiger partial charge in [0.15, 0.2) is 0 Å². The van der Waals surface area contributed by atoms with E-state index in [1.54, 1.807) is 18.2 Å². The van der Waals surface area contributed by atoms with Crippen LogP contribution in [0.15, 0.2) is 53.6 Å². The molecule has 2 aromatic carbocycles. The molecule has 4 rings (SSSR count). The maximum atomic E-state index is 13.2. The molecule has 1 aliphatic heterocycles. The molecule has 34 heavy (non-hydrogen) atoms. The first kappa shape index (κ1) is 23.8. The summed E-state index contributed by atoms with van der Waals surface area (Å²) in [5.41, 5.74) is 4.58. The first-order chi connectivity index (χ1) is 16.4. The predicted molar refractivity (Wildman–Crippen MR) is 139 cm³/mol. The second kappa shape index (κ2) is 9.89. The Morgan fingerprint density at radius 1 is 1.03 bits per heavy atom. The highest BCUT2D eigenvalue weighted by Crippen LogP contribution is 2.37. The number of para-hydroxylation sites is 1. The molecule has 3 amide bonds. The molecule has 0 atom stereocenters. The predicted octanol–water partition coefficient (Wildman–Crippen LogP) is 5.62. The number of carbonyl (C=O) groups excluding carboxylic acids is 3. The Morgan fingerprint density at radius 2 is 1.74 bits per heavy atom. The summed E-state index contributed by atoms with van der Waals surface area (Å²) in [6.07, 6.45) is 4.52. The van der Waals surface area contributed by atoms with Crippen molar-refractivity contribution in [1.29, 1.82) is 0 Å². The monoisotopic (exact) mass is 475 g/mol. The van der Waals surface area contributed by atoms with Crippen LogP contribution in [0.3, 0.4) is 0 Å². The zero-order valence-electron chi connectivity index (χ0n) is 20.0. The van der Waals surface area contributed by atoms with Crippen molar-refractivity contribution in [2.45, 2.75) is 40.7 Å². The van der Waals surface area contributed by atoms with Crippen molar-refractivity contribution in [3.8, 4) is 0 Å². The lowest BCUT2D eigenvalue weighted by atomic mass is 10.1. The first-order valence-electron chi connectivity index (χ1n) is 11.6. The van der Waals surface area contributed by atoms with Crippen molar-refractivity contribution in [2.75, 3.05) is 18.0 Å². The van der Waals surface area contributed by atoms with Crippen LogP contribution in [0.4, 0.5) is 10.5 Å². The Balaban J connectivity index is 1.75. The summed E-state index contributed by atoms with van der Waals surface area (Å²) < 4.78 is 1.98. The van der Waals surface area contributed by atoms with E-state index in [-0.39, 0.29) is 23.6 Å². The largest absolute Gasteiger partial charge is 0.342 e. The van der Waals surface area contributed by atoms with Gasteiger partial charge >= 0.3 is 0 Å². The zero-order valence-corrected chi connectivity index (χ0v) is 20.8. The van der Waals surface area contributed by atoms with Crippen LogP contribution >= 0.6 is 11.8 Å². The molecule has 1 saturated heterocycles. The number of amides is 3. The van der Waals surface area contributed by atoms with Crippen LogP contribution in [0.25, 0.3) is 17.0 Å². The van der Waals surface area contributed by atoms with Gasteiger partial charge in [0.25, 0.3) is 11.1 Å². The van der Waals surface area contributed by atoms with E-state index in [0.29, 0.717) is 23.7 Å². The molecule has 7 heteroatoms. The number of aromatic nitrogens is 1. The van der Waals surface area contributed by atoms with Crippen LogP contribution in [0.2, 0.25) is 0 Å². The molecule has 0 radical (unpaired) electrons. The van der Waals surface area contributed by atoms with Gasteiger partial charge < -0.3 is 9.47 Å². The molecule has 1 aromatic heterocycles. The third-order valence-corrected chi connectivity index (χ3v) is 7.06. The second-order valence-corrected chi connectivity index (χ2v) is 9.29. The minimum absolute atomic E-state index is 0.0547. The van der Waals surface area contributed by atoms with Gasteiger partial charge in [-0.15, -0.1) is 0 Å². The summed E-state index contributed by atoms with van der Waals surface area (Å²) in [6, 6.07) is 13.4. The van der Waals surface area contributed by atoms with Crippen LogP contribution in [-0.4, -0.2) is 39.6 Å². The number of hydrogen-bond acceptors (Lipinski definition) is 4. The average Bonchev–Trinajstić information content (AvgIpc) is 3.31. The van der Waals surface area contributed by atoms with Crippen LogP contribution in [0.5, 0.6) is 0 Å². The normalized spacial score (nSPS) is 15.1. The number of imide groups is 1. The zero-order chi connectivity index (χ0) is 24.4. The third kappa shape index (κ3) is 4.40. The lowest BCUT2D eigenvalue weighted by Crippen LogP contribution is -2.33. The van der Waals surface area contributed by atoms with Crippen molar-refractivity contribution < 1.29 is 14.4 Å². The van der Waals surface area contributed by atoms with Gasteiger partial charge in [0.2, 0.25) is 5.91 Å². The standard InChI is InChI=1S/C27H29N3O3S/c1-5-19-9-8-10-22-20(16-29(25(19)22)17-24(31)28(6-2)7-3)15-23-26(32)30(27(33)34-23)21-13-11-18(4)12-14-21/h8-16H,5-7,17H2,1-4H3/b23-15-. The van der Waals surface area contributed by atoms with E-state index in [4.69, 9.17) is 0 Å². The molecule has 1 fully saturated rings. The van der Waals surface area contributed by atoms with Crippen molar-refractivity contribution in [1.82, 2.24) is 9.47 Å². The molecule has 176 valence electrons. The molecule has 0 N–H and O–H groups in total. The molecule has 0 aliphatic carbocycles. The highest BCUT2D eigenvalue weighted by molar-refractivity contribution is 8.19. The topological polar surface area (TPSA) is 62.6 Å². The number of benzene rings is 2. The first-order valence-corrected chi connectivity index (χ1v) is 12.4. The lowest BCUT2D eigenvalue weighted by Gasteiger charge is -2.19. The van der Waals surface area contributed by atoms with E-state index >= 15 is 0 Å². The third-order valence-electron chi connectivity index (χ3n) is 6.19. The van der Waals surface area contributed by atoms with Crippen molar-refractivity contribution in [3.05, 3.63) is 70.3 Å². The summed E-state index contributed by atoms with van der Waals surface area (Å²) in [5, 5.41) is 0.656. The SMILES string of the molecule is CCc1cccc2c(/C=C3\SC(=O)N(c4ccc(C)cc4)C3=O)cn(CC(=O)N(CC)CC)c12. The Labute approximate surface area is 204 Å². The van der Waals surface area contributed by atoms with Gasteiger partial charge in [-0.3, -0.25) is 14.4 Å². The van der Waals surface area contributed by atoms with Crippen LogP contribution in [0.1, 0.15) is 37.5 Å². The van der Waals surface area contributed by atoms with E-state index in [2.05, 4.69) is 13.0 Å². The Hall–Kier alpha value is -3.32. The lowest BCUT2D eigenvalue weighted by molar-refractivity contribution is -0.131. The Kier molecular flexibility index (Phi) is 6.93. The Bertz CT molecular complexity index is 1290. The molecular formula is C27H29N3O3S. The highest BCUT2D eigenvalue weighted by atomic mass is 32.2. The molecule has 1 aliphatic rings. The molecular weight excluding hydrogens is 446 g/mol. The fraction of sp³-hybridized carbons (Fsp3) is 0.296. The molecule has 0 spiro atoms. The van der Waals surface area contributed by atoms with Crippen molar-refractivity contribution in [3.63, 3.8) is 0 Å². The fourth-order valence-electron chi connectivity index (χ4n) is 4.34. The smallest absolute Gasteiger partial charge is 0.298 e. The number of hydrogen-bond donors (Lipinski definition) is 0. The molecule has 0 unspecified atom stereocenters. The van der Waals surface area contributed by atoms with E-state index in [0.717, 1.165) is 45.8 Å². The van der Waals surface area contributed by atoms with E-state index < -0.39 is 0 Å². The van der Waals surface area contributed by atoms with Crippen LogP contribution in [-0.2, 0) is 22.6 Å². The number of anilines is 1. The number of carbonyl (C=O) groups is 3. The molecule has 2 heterocycles. The number of nitrogens with zero attached hydrogens (tertiary/aromatic N) is 3. The van der Waals surface area contributed by atoms with Gasteiger partial charge in [-0.1, -0.05) is 42.8 Å². The second-order valence-electron chi connectivity index (χ2n) is 8.30. The summed E-state index contributed by atoms with van der Waals surface area (Å²) in [7, 11) is 0. The number of rotatable bonds is 7. The highest BCUT2D eigenvalue weighted by Gasteiger charge is 2.36. The Morgan fingerprint density at radius 3 is 2.38 bits per heavy atom. The summed E-state index contributed by atoms with van der Waals surface area (Å²) >= 11 is 0.944. The van der Waals surface area contributed by atoms with Gasteiger partial charge in [-0.05, 0) is 62.7 Å². The maximum absolute atomic E-state index is 13.2. The van der Waals surface area contributed by atoms with Crippen molar-refractivity contribution in [2.24, 2.45) is 0 Å². The fourth-order valence-corrected chi connectivity index (χ4v) is 5.17. The van der Waals surface area contributed by atoms with E-state index in [1.165, 1.54) is 4.90 Å². The summed E-state index contributed by atoms with van der Waals surface area (Å²) in [4.78, 5) is 42.1. The number of aryl methyl sites for hydroxylation is 2. The van der Waals surface area contributed by atoms with Gasteiger partial charge in [0.1, 0.15) is 6.54 Å². The molecule has 0 saturated carbocycles. The molecule has 0 bridgehead atoms. The maximum Gasteiger partial charge on any atom is 0.298 e. The number of likely N-dealkylation sites (N-methyl/N-ethyl adjacent to an activating group) is 1. The minimum atomic E-state index is -0.328. The summed E-state index contributed by atoms with van der Waals surface area (Å²) in [6.45, 7) is 9.55. The molecule has 6 nitrogen and oxygen atoms in total. The van der Waals surface area contributed by atoms with E-state index in [9.17, 15) is 14.4 Å². The minimum Gasteiger partial charge on any atom is -0.342 e.